The molecule has 2 N–H and O–H groups in total. The quantitative estimate of drug-likeness (QED) is 0.840. The van der Waals surface area contributed by atoms with Crippen LogP contribution in [0.25, 0.3) is 11.3 Å². The van der Waals surface area contributed by atoms with Crippen LogP contribution in [0.4, 0.5) is 0 Å². The molecule has 0 saturated heterocycles. The first-order valence-corrected chi connectivity index (χ1v) is 5.53. The summed E-state index contributed by atoms with van der Waals surface area (Å²) in [6.45, 7) is 3.82. The number of hydrogen-bond donors (Lipinski definition) is 1. The molecule has 0 bridgehead atoms. The average molecular weight is 254 g/mol. The van der Waals surface area contributed by atoms with Crippen LogP contribution in [0, 0.1) is 13.8 Å². The van der Waals surface area contributed by atoms with Crippen molar-refractivity contribution in [1.29, 1.82) is 0 Å². The van der Waals surface area contributed by atoms with E-state index in [1.165, 1.54) is 7.05 Å². The molecule has 2 aromatic heterocycles. The van der Waals surface area contributed by atoms with Gasteiger partial charge in [-0.15, -0.1) is 0 Å². The first-order chi connectivity index (χ1) is 8.09. The predicted molar refractivity (Wildman–Crippen MR) is 68.8 cm³/mol. The standard InChI is InChI=1S/C10H11ClN4.CH5N/c1-6-8(4-13-15(6)3)10-9(11)5-12-7(2)14-10;1-2/h4-5H,1-3H3;2H2,1H3. The molecule has 0 aromatic carbocycles. The first kappa shape index (κ1) is 13.6. The van der Waals surface area contributed by atoms with Gasteiger partial charge in [-0.3, -0.25) is 4.68 Å². The second-order valence-corrected chi connectivity index (χ2v) is 3.79. The van der Waals surface area contributed by atoms with Crippen molar-refractivity contribution < 1.29 is 0 Å². The summed E-state index contributed by atoms with van der Waals surface area (Å²) in [5.41, 5.74) is 7.23. The van der Waals surface area contributed by atoms with Crippen molar-refractivity contribution in [2.75, 3.05) is 7.05 Å². The van der Waals surface area contributed by atoms with E-state index in [1.807, 2.05) is 20.9 Å². The molecule has 0 saturated carbocycles. The van der Waals surface area contributed by atoms with E-state index >= 15 is 0 Å². The van der Waals surface area contributed by atoms with E-state index in [4.69, 9.17) is 11.6 Å². The Labute approximate surface area is 106 Å². The Balaban J connectivity index is 0.000000686. The molecule has 0 spiro atoms. The Morgan fingerprint density at radius 3 is 2.41 bits per heavy atom. The third-order valence-electron chi connectivity index (χ3n) is 2.35. The summed E-state index contributed by atoms with van der Waals surface area (Å²) >= 11 is 6.05. The van der Waals surface area contributed by atoms with Crippen molar-refractivity contribution in [3.63, 3.8) is 0 Å². The molecule has 5 nitrogen and oxygen atoms in total. The Bertz CT molecular complexity index is 507. The molecule has 0 atom stereocenters. The minimum absolute atomic E-state index is 0.553. The molecule has 0 unspecified atom stereocenters. The maximum Gasteiger partial charge on any atom is 0.126 e. The zero-order valence-corrected chi connectivity index (χ0v) is 11.2. The number of aromatic nitrogens is 4. The number of halogens is 1. The van der Waals surface area contributed by atoms with E-state index < -0.39 is 0 Å². The van der Waals surface area contributed by atoms with Gasteiger partial charge in [-0.2, -0.15) is 5.10 Å². The molecule has 92 valence electrons. The largest absolute Gasteiger partial charge is 0.333 e. The van der Waals surface area contributed by atoms with Crippen LogP contribution in [0.5, 0.6) is 0 Å². The third kappa shape index (κ3) is 2.81. The second-order valence-electron chi connectivity index (χ2n) is 3.38. The lowest BCUT2D eigenvalue weighted by atomic mass is 10.2. The monoisotopic (exact) mass is 253 g/mol. The SMILES string of the molecule is CN.Cc1ncc(Cl)c(-c2cnn(C)c2C)n1. The van der Waals surface area contributed by atoms with Gasteiger partial charge in [0, 0.05) is 24.5 Å². The summed E-state index contributed by atoms with van der Waals surface area (Å²) in [6, 6.07) is 0. The minimum Gasteiger partial charge on any atom is -0.333 e. The lowest BCUT2D eigenvalue weighted by molar-refractivity contribution is 0.740. The van der Waals surface area contributed by atoms with Gasteiger partial charge in [-0.25, -0.2) is 9.97 Å². The molecule has 6 heteroatoms. The summed E-state index contributed by atoms with van der Waals surface area (Å²) in [5.74, 6) is 0.706. The third-order valence-corrected chi connectivity index (χ3v) is 2.63. The summed E-state index contributed by atoms with van der Waals surface area (Å²) in [5, 5.41) is 4.71. The first-order valence-electron chi connectivity index (χ1n) is 5.15. The van der Waals surface area contributed by atoms with Crippen LogP contribution in [-0.2, 0) is 7.05 Å². The van der Waals surface area contributed by atoms with Crippen molar-refractivity contribution in [2.24, 2.45) is 12.8 Å². The van der Waals surface area contributed by atoms with Crippen LogP contribution in [0.2, 0.25) is 5.02 Å². The molecule has 2 heterocycles. The highest BCUT2D eigenvalue weighted by Gasteiger charge is 2.12. The van der Waals surface area contributed by atoms with Crippen LogP contribution < -0.4 is 5.73 Å². The molecule has 0 amide bonds. The fourth-order valence-corrected chi connectivity index (χ4v) is 1.57. The summed E-state index contributed by atoms with van der Waals surface area (Å²) in [6.07, 6.45) is 3.38. The second kappa shape index (κ2) is 5.75. The molecule has 0 aliphatic rings. The van der Waals surface area contributed by atoms with E-state index in [9.17, 15) is 0 Å². The smallest absolute Gasteiger partial charge is 0.126 e. The van der Waals surface area contributed by atoms with Crippen molar-refractivity contribution in [3.05, 3.63) is 28.9 Å². The summed E-state index contributed by atoms with van der Waals surface area (Å²) < 4.78 is 1.79. The zero-order valence-electron chi connectivity index (χ0n) is 10.4. The van der Waals surface area contributed by atoms with Gasteiger partial charge >= 0.3 is 0 Å². The summed E-state index contributed by atoms with van der Waals surface area (Å²) in [4.78, 5) is 8.35. The van der Waals surface area contributed by atoms with Gasteiger partial charge in [-0.1, -0.05) is 11.6 Å². The van der Waals surface area contributed by atoms with Gasteiger partial charge < -0.3 is 5.73 Å². The molecule has 0 aliphatic carbocycles. The van der Waals surface area contributed by atoms with Crippen LogP contribution in [0.3, 0.4) is 0 Å². The van der Waals surface area contributed by atoms with Crippen LogP contribution >= 0.6 is 11.6 Å². The highest BCUT2D eigenvalue weighted by molar-refractivity contribution is 6.32. The summed E-state index contributed by atoms with van der Waals surface area (Å²) in [7, 11) is 3.39. The topological polar surface area (TPSA) is 69.6 Å². The number of rotatable bonds is 1. The van der Waals surface area contributed by atoms with Gasteiger partial charge in [0.1, 0.15) is 5.82 Å². The van der Waals surface area contributed by atoms with Gasteiger partial charge in [0.15, 0.2) is 0 Å². The van der Waals surface area contributed by atoms with E-state index in [2.05, 4.69) is 20.8 Å². The average Bonchev–Trinajstić information content (AvgIpc) is 2.66. The maximum absolute atomic E-state index is 6.05. The lowest BCUT2D eigenvalue weighted by Crippen LogP contribution is -1.95. The Hall–Kier alpha value is -1.46. The molecular formula is C11H16ClN5. The van der Waals surface area contributed by atoms with Crippen molar-refractivity contribution in [3.8, 4) is 11.3 Å². The number of nitrogens with zero attached hydrogens (tertiary/aromatic N) is 4. The van der Waals surface area contributed by atoms with Crippen molar-refractivity contribution >= 4 is 11.6 Å². The molecule has 0 aliphatic heterocycles. The maximum atomic E-state index is 6.05. The van der Waals surface area contributed by atoms with Crippen LogP contribution in [-0.4, -0.2) is 26.8 Å². The van der Waals surface area contributed by atoms with Gasteiger partial charge in [0.25, 0.3) is 0 Å². The number of hydrogen-bond acceptors (Lipinski definition) is 4. The Kier molecular flexibility index (Phi) is 4.60. The predicted octanol–water partition coefficient (Wildman–Crippen LogP) is 1.72. The molecular weight excluding hydrogens is 238 g/mol. The molecule has 17 heavy (non-hydrogen) atoms. The highest BCUT2D eigenvalue weighted by atomic mass is 35.5. The highest BCUT2D eigenvalue weighted by Crippen LogP contribution is 2.27. The normalized spacial score (nSPS) is 9.76. The number of aryl methyl sites for hydroxylation is 2. The van der Waals surface area contributed by atoms with E-state index in [0.717, 1.165) is 17.0 Å². The van der Waals surface area contributed by atoms with Crippen molar-refractivity contribution in [2.45, 2.75) is 13.8 Å². The van der Waals surface area contributed by atoms with Crippen molar-refractivity contribution in [1.82, 2.24) is 19.7 Å². The Morgan fingerprint density at radius 1 is 1.24 bits per heavy atom. The number of nitrogens with two attached hydrogens (primary N) is 1. The molecule has 2 aromatic rings. The van der Waals surface area contributed by atoms with E-state index in [0.29, 0.717) is 10.8 Å². The van der Waals surface area contributed by atoms with Gasteiger partial charge in [0.05, 0.1) is 16.9 Å². The molecule has 0 fully saturated rings. The fraction of sp³-hybridized carbons (Fsp3) is 0.364. The zero-order chi connectivity index (χ0) is 13.0. The Morgan fingerprint density at radius 2 is 1.88 bits per heavy atom. The van der Waals surface area contributed by atoms with Gasteiger partial charge in [-0.05, 0) is 20.9 Å². The lowest BCUT2D eigenvalue weighted by Gasteiger charge is -2.03. The molecule has 2 rings (SSSR count). The van der Waals surface area contributed by atoms with Gasteiger partial charge in [0.2, 0.25) is 0 Å². The minimum atomic E-state index is 0.553. The van der Waals surface area contributed by atoms with Crippen LogP contribution in [0.15, 0.2) is 12.4 Å². The van der Waals surface area contributed by atoms with E-state index in [1.54, 1.807) is 17.1 Å². The molecule has 0 radical (unpaired) electrons. The van der Waals surface area contributed by atoms with Crippen LogP contribution in [0.1, 0.15) is 11.5 Å². The van der Waals surface area contributed by atoms with E-state index in [-0.39, 0.29) is 0 Å². The fourth-order valence-electron chi connectivity index (χ4n) is 1.38.